The summed E-state index contributed by atoms with van der Waals surface area (Å²) in [6, 6.07) is 5.39. The summed E-state index contributed by atoms with van der Waals surface area (Å²) in [6.45, 7) is 3.72. The average Bonchev–Trinajstić information content (AvgIpc) is 2.91. The Morgan fingerprint density at radius 1 is 1.43 bits per heavy atom. The molecule has 1 fully saturated rings. The topological polar surface area (TPSA) is 87.0 Å². The number of nitrogens with two attached hydrogens (primary N) is 1. The molecule has 2 heterocycles. The van der Waals surface area contributed by atoms with Gasteiger partial charge < -0.3 is 11.1 Å². The molecule has 0 radical (unpaired) electrons. The molecule has 7 heteroatoms. The molecule has 6 nitrogen and oxygen atoms in total. The highest BCUT2D eigenvalue weighted by molar-refractivity contribution is 7.99. The molecule has 1 amide bonds. The highest BCUT2D eigenvalue weighted by atomic mass is 32.2. The first-order chi connectivity index (χ1) is 10.2. The van der Waals surface area contributed by atoms with Crippen molar-refractivity contribution in [1.82, 2.24) is 20.4 Å². The minimum atomic E-state index is -0.154. The fourth-order valence-corrected chi connectivity index (χ4v) is 3.42. The molecular weight excluding hydrogens is 286 g/mol. The Hall–Kier alpha value is -1.73. The van der Waals surface area contributed by atoms with Crippen LogP contribution in [-0.4, -0.2) is 58.7 Å². The Bertz CT molecular complexity index is 635. The van der Waals surface area contributed by atoms with E-state index in [-0.39, 0.29) is 5.91 Å². The average molecular weight is 305 g/mol. The highest BCUT2D eigenvalue weighted by Gasteiger charge is 2.15. The molecule has 21 heavy (non-hydrogen) atoms. The third-order valence-electron chi connectivity index (χ3n) is 3.62. The van der Waals surface area contributed by atoms with Crippen LogP contribution < -0.4 is 11.1 Å². The zero-order chi connectivity index (χ0) is 14.7. The first-order valence-corrected chi connectivity index (χ1v) is 8.21. The molecule has 1 aliphatic heterocycles. The van der Waals surface area contributed by atoms with Crippen LogP contribution in [0.1, 0.15) is 10.5 Å². The van der Waals surface area contributed by atoms with Crippen LogP contribution in [0.4, 0.5) is 5.69 Å². The molecule has 1 aromatic carbocycles. The number of rotatable bonds is 4. The van der Waals surface area contributed by atoms with Crippen molar-refractivity contribution in [2.75, 3.05) is 43.4 Å². The van der Waals surface area contributed by atoms with Gasteiger partial charge in [0.1, 0.15) is 0 Å². The molecule has 0 unspecified atom stereocenters. The number of hydrogen-bond acceptors (Lipinski definition) is 5. The van der Waals surface area contributed by atoms with Crippen molar-refractivity contribution in [3.63, 3.8) is 0 Å². The second-order valence-electron chi connectivity index (χ2n) is 5.09. The summed E-state index contributed by atoms with van der Waals surface area (Å²) >= 11 is 1.98. The van der Waals surface area contributed by atoms with Gasteiger partial charge in [-0.2, -0.15) is 16.9 Å². The maximum Gasteiger partial charge on any atom is 0.272 e. The molecule has 0 saturated carbocycles. The maximum atomic E-state index is 12.2. The molecule has 4 N–H and O–H groups in total. The van der Waals surface area contributed by atoms with Crippen LogP contribution in [0.5, 0.6) is 0 Å². The summed E-state index contributed by atoms with van der Waals surface area (Å²) in [5.41, 5.74) is 7.63. The number of nitrogens with one attached hydrogen (secondary N) is 2. The number of carbonyl (C=O) groups excluding carboxylic acids is 1. The van der Waals surface area contributed by atoms with Gasteiger partial charge in [-0.3, -0.25) is 14.8 Å². The van der Waals surface area contributed by atoms with Gasteiger partial charge in [-0.25, -0.2) is 0 Å². The molecule has 3 rings (SSSR count). The lowest BCUT2D eigenvalue weighted by atomic mass is 10.2. The van der Waals surface area contributed by atoms with Gasteiger partial charge >= 0.3 is 0 Å². The zero-order valence-electron chi connectivity index (χ0n) is 11.8. The fraction of sp³-hybridized carbons (Fsp3) is 0.429. The van der Waals surface area contributed by atoms with Crippen LogP contribution in [0, 0.1) is 0 Å². The summed E-state index contributed by atoms with van der Waals surface area (Å²) in [7, 11) is 0. The van der Waals surface area contributed by atoms with Gasteiger partial charge in [-0.05, 0) is 18.2 Å². The predicted molar refractivity (Wildman–Crippen MR) is 86.6 cm³/mol. The van der Waals surface area contributed by atoms with E-state index in [2.05, 4.69) is 20.4 Å². The van der Waals surface area contributed by atoms with E-state index in [0.717, 1.165) is 30.5 Å². The number of hydrogen-bond donors (Lipinski definition) is 3. The van der Waals surface area contributed by atoms with E-state index < -0.39 is 0 Å². The largest absolute Gasteiger partial charge is 0.399 e. The molecular formula is C14H19N5OS. The quantitative estimate of drug-likeness (QED) is 0.731. The lowest BCUT2D eigenvalue weighted by Crippen LogP contribution is -2.39. The van der Waals surface area contributed by atoms with Crippen molar-refractivity contribution < 1.29 is 4.79 Å². The van der Waals surface area contributed by atoms with Gasteiger partial charge in [0.2, 0.25) is 0 Å². The molecule has 0 bridgehead atoms. The van der Waals surface area contributed by atoms with Gasteiger partial charge in [0, 0.05) is 48.8 Å². The second-order valence-corrected chi connectivity index (χ2v) is 6.31. The van der Waals surface area contributed by atoms with Crippen LogP contribution >= 0.6 is 11.8 Å². The summed E-state index contributed by atoms with van der Waals surface area (Å²) in [5, 5.41) is 10.6. The number of aromatic nitrogens is 2. The Kier molecular flexibility index (Phi) is 4.31. The number of nitrogens with zero attached hydrogens (tertiary/aromatic N) is 2. The molecule has 0 spiro atoms. The van der Waals surface area contributed by atoms with Crippen LogP contribution in [-0.2, 0) is 0 Å². The van der Waals surface area contributed by atoms with Crippen LogP contribution in [0.3, 0.4) is 0 Å². The fourth-order valence-electron chi connectivity index (χ4n) is 2.44. The Morgan fingerprint density at radius 3 is 3.05 bits per heavy atom. The molecule has 1 aromatic heterocycles. The monoisotopic (exact) mass is 305 g/mol. The van der Waals surface area contributed by atoms with E-state index in [4.69, 9.17) is 5.73 Å². The van der Waals surface area contributed by atoms with Gasteiger partial charge in [0.05, 0.1) is 5.52 Å². The van der Waals surface area contributed by atoms with E-state index in [0.29, 0.717) is 17.9 Å². The number of nitrogen functional groups attached to an aromatic ring is 1. The van der Waals surface area contributed by atoms with Crippen molar-refractivity contribution >= 4 is 34.3 Å². The number of anilines is 1. The Labute approximate surface area is 127 Å². The smallest absolute Gasteiger partial charge is 0.272 e. The van der Waals surface area contributed by atoms with Crippen LogP contribution in [0.25, 0.3) is 10.9 Å². The summed E-state index contributed by atoms with van der Waals surface area (Å²) in [4.78, 5) is 14.6. The van der Waals surface area contributed by atoms with Gasteiger partial charge in [0.15, 0.2) is 5.69 Å². The zero-order valence-corrected chi connectivity index (χ0v) is 12.6. The third-order valence-corrected chi connectivity index (χ3v) is 4.56. The van der Waals surface area contributed by atoms with E-state index in [1.807, 2.05) is 17.8 Å². The van der Waals surface area contributed by atoms with Gasteiger partial charge in [-0.15, -0.1) is 0 Å². The number of carbonyl (C=O) groups is 1. The minimum Gasteiger partial charge on any atom is -0.399 e. The molecule has 0 aliphatic carbocycles. The number of benzene rings is 1. The maximum absolute atomic E-state index is 12.2. The minimum absolute atomic E-state index is 0.154. The van der Waals surface area contributed by atoms with Crippen LogP contribution in [0.15, 0.2) is 18.2 Å². The van der Waals surface area contributed by atoms with E-state index in [1.54, 1.807) is 12.1 Å². The number of amides is 1. The standard InChI is InChI=1S/C14H19N5OS/c15-10-1-2-12-11(9-10)13(18-17-12)14(20)16-3-4-19-5-7-21-8-6-19/h1-2,9H,3-8,15H2,(H,16,20)(H,17,18). The lowest BCUT2D eigenvalue weighted by molar-refractivity contribution is 0.0945. The van der Waals surface area contributed by atoms with Crippen molar-refractivity contribution in [3.05, 3.63) is 23.9 Å². The van der Waals surface area contributed by atoms with E-state index >= 15 is 0 Å². The third kappa shape index (κ3) is 3.30. The van der Waals surface area contributed by atoms with E-state index in [1.165, 1.54) is 11.5 Å². The Morgan fingerprint density at radius 2 is 2.24 bits per heavy atom. The molecule has 112 valence electrons. The summed E-state index contributed by atoms with van der Waals surface area (Å²) in [5.74, 6) is 2.20. The van der Waals surface area contributed by atoms with Crippen molar-refractivity contribution in [2.24, 2.45) is 0 Å². The molecule has 1 aliphatic rings. The Balaban J connectivity index is 1.60. The van der Waals surface area contributed by atoms with Crippen molar-refractivity contribution in [3.8, 4) is 0 Å². The van der Waals surface area contributed by atoms with Gasteiger partial charge in [-0.1, -0.05) is 0 Å². The van der Waals surface area contributed by atoms with E-state index in [9.17, 15) is 4.79 Å². The molecule has 2 aromatic rings. The first-order valence-electron chi connectivity index (χ1n) is 7.06. The van der Waals surface area contributed by atoms with Crippen LogP contribution in [0.2, 0.25) is 0 Å². The predicted octanol–water partition coefficient (Wildman–Crippen LogP) is 0.924. The summed E-state index contributed by atoms with van der Waals surface area (Å²) in [6.07, 6.45) is 0. The highest BCUT2D eigenvalue weighted by Crippen LogP contribution is 2.18. The SMILES string of the molecule is Nc1ccc2[nH]nc(C(=O)NCCN3CCSCC3)c2c1. The molecule has 0 atom stereocenters. The molecule has 1 saturated heterocycles. The second kappa shape index (κ2) is 6.36. The summed E-state index contributed by atoms with van der Waals surface area (Å²) < 4.78 is 0. The number of thioether (sulfide) groups is 1. The van der Waals surface area contributed by atoms with Crippen molar-refractivity contribution in [1.29, 1.82) is 0 Å². The number of aromatic amines is 1. The first kappa shape index (κ1) is 14.2. The van der Waals surface area contributed by atoms with Crippen molar-refractivity contribution in [2.45, 2.75) is 0 Å². The normalized spacial score (nSPS) is 16.2. The number of fused-ring (bicyclic) bond motifs is 1. The number of H-pyrrole nitrogens is 1. The lowest BCUT2D eigenvalue weighted by Gasteiger charge is -2.25. The van der Waals surface area contributed by atoms with Gasteiger partial charge in [0.25, 0.3) is 5.91 Å².